The van der Waals surface area contributed by atoms with Crippen LogP contribution in [-0.2, 0) is 4.74 Å². The molecule has 0 bridgehead atoms. The highest BCUT2D eigenvalue weighted by molar-refractivity contribution is 4.80. The van der Waals surface area contributed by atoms with E-state index >= 15 is 0 Å². The first-order valence-electron chi connectivity index (χ1n) is 8.11. The maximum atomic E-state index is 5.95. The molecule has 112 valence electrons. The largest absolute Gasteiger partial charge is 0.374 e. The van der Waals surface area contributed by atoms with Crippen LogP contribution in [0.3, 0.4) is 0 Å². The quantitative estimate of drug-likeness (QED) is 0.811. The van der Waals surface area contributed by atoms with Crippen molar-refractivity contribution in [1.29, 1.82) is 0 Å². The van der Waals surface area contributed by atoms with Gasteiger partial charge in [0.05, 0.1) is 12.7 Å². The Bertz CT molecular complexity index is 250. The monoisotopic (exact) mass is 269 g/mol. The lowest BCUT2D eigenvalue weighted by molar-refractivity contribution is -0.0419. The molecule has 2 heterocycles. The van der Waals surface area contributed by atoms with Gasteiger partial charge >= 0.3 is 0 Å². The van der Waals surface area contributed by atoms with Crippen LogP contribution in [0.4, 0.5) is 0 Å². The predicted molar refractivity (Wildman–Crippen MR) is 79.6 cm³/mol. The highest BCUT2D eigenvalue weighted by atomic mass is 16.5. The fraction of sp³-hybridized carbons (Fsp3) is 1.00. The van der Waals surface area contributed by atoms with Crippen LogP contribution in [0.5, 0.6) is 0 Å². The van der Waals surface area contributed by atoms with Crippen molar-refractivity contribution in [3.8, 4) is 0 Å². The molecular weight excluding hydrogens is 238 g/mol. The Hall–Kier alpha value is -0.160. The maximum absolute atomic E-state index is 5.95. The van der Waals surface area contributed by atoms with Crippen LogP contribution in [-0.4, -0.2) is 74.4 Å². The van der Waals surface area contributed by atoms with Crippen molar-refractivity contribution in [2.45, 2.75) is 45.3 Å². The van der Waals surface area contributed by atoms with Crippen LogP contribution >= 0.6 is 0 Å². The summed E-state index contributed by atoms with van der Waals surface area (Å²) in [5.41, 5.74) is 0. The summed E-state index contributed by atoms with van der Waals surface area (Å²) < 4.78 is 5.95. The van der Waals surface area contributed by atoms with Gasteiger partial charge in [0.2, 0.25) is 0 Å². The first-order valence-corrected chi connectivity index (χ1v) is 8.11. The number of ether oxygens (including phenoxy) is 1. The summed E-state index contributed by atoms with van der Waals surface area (Å²) in [5.74, 6) is 0. The van der Waals surface area contributed by atoms with Crippen molar-refractivity contribution < 1.29 is 4.74 Å². The first-order chi connectivity index (χ1) is 9.31. The van der Waals surface area contributed by atoms with E-state index in [9.17, 15) is 0 Å². The Morgan fingerprint density at radius 2 is 2.05 bits per heavy atom. The van der Waals surface area contributed by atoms with Gasteiger partial charge in [-0.25, -0.2) is 0 Å². The average Bonchev–Trinajstić information content (AvgIpc) is 2.65. The molecule has 4 nitrogen and oxygen atoms in total. The summed E-state index contributed by atoms with van der Waals surface area (Å²) in [6.45, 7) is 13.5. The number of likely N-dealkylation sites (N-methyl/N-ethyl adjacent to an activating group) is 1. The van der Waals surface area contributed by atoms with Crippen molar-refractivity contribution in [2.24, 2.45) is 0 Å². The van der Waals surface area contributed by atoms with Gasteiger partial charge in [-0.2, -0.15) is 0 Å². The minimum atomic E-state index is 0.411. The smallest absolute Gasteiger partial charge is 0.0829 e. The molecule has 4 heteroatoms. The molecule has 0 aliphatic carbocycles. The van der Waals surface area contributed by atoms with Crippen LogP contribution in [0.2, 0.25) is 0 Å². The molecule has 0 aromatic carbocycles. The molecule has 2 atom stereocenters. The van der Waals surface area contributed by atoms with Gasteiger partial charge in [-0.15, -0.1) is 0 Å². The number of hydrogen-bond acceptors (Lipinski definition) is 4. The van der Waals surface area contributed by atoms with Crippen LogP contribution in [0.25, 0.3) is 0 Å². The second-order valence-electron chi connectivity index (χ2n) is 5.94. The zero-order chi connectivity index (χ0) is 13.5. The van der Waals surface area contributed by atoms with E-state index in [1.165, 1.54) is 38.9 Å². The summed E-state index contributed by atoms with van der Waals surface area (Å²) in [6, 6.07) is 0.679. The van der Waals surface area contributed by atoms with E-state index in [1.54, 1.807) is 0 Å². The van der Waals surface area contributed by atoms with Crippen molar-refractivity contribution in [2.75, 3.05) is 52.4 Å². The maximum Gasteiger partial charge on any atom is 0.0829 e. The molecule has 0 saturated carbocycles. The zero-order valence-electron chi connectivity index (χ0n) is 12.7. The normalized spacial score (nSPS) is 31.3. The van der Waals surface area contributed by atoms with Crippen molar-refractivity contribution in [3.05, 3.63) is 0 Å². The number of nitrogens with one attached hydrogen (secondary N) is 1. The number of hydrogen-bond donors (Lipinski definition) is 1. The lowest BCUT2D eigenvalue weighted by Crippen LogP contribution is -2.49. The van der Waals surface area contributed by atoms with Crippen molar-refractivity contribution >= 4 is 0 Å². The second kappa shape index (κ2) is 8.20. The minimum Gasteiger partial charge on any atom is -0.374 e. The fourth-order valence-corrected chi connectivity index (χ4v) is 3.25. The fourth-order valence-electron chi connectivity index (χ4n) is 3.25. The molecule has 2 fully saturated rings. The van der Waals surface area contributed by atoms with Gasteiger partial charge in [-0.3, -0.25) is 9.80 Å². The SMILES string of the molecule is CCCC1CN(CC2CN(CC)CCO2)CCCN1. The topological polar surface area (TPSA) is 27.7 Å². The van der Waals surface area contributed by atoms with Crippen LogP contribution < -0.4 is 5.32 Å². The molecule has 1 N–H and O–H groups in total. The number of rotatable bonds is 5. The van der Waals surface area contributed by atoms with Gasteiger partial charge in [0.25, 0.3) is 0 Å². The second-order valence-corrected chi connectivity index (χ2v) is 5.94. The van der Waals surface area contributed by atoms with Crippen LogP contribution in [0, 0.1) is 0 Å². The number of nitrogens with zero attached hydrogens (tertiary/aromatic N) is 2. The average molecular weight is 269 g/mol. The highest BCUT2D eigenvalue weighted by Gasteiger charge is 2.24. The third kappa shape index (κ3) is 5.03. The third-order valence-corrected chi connectivity index (χ3v) is 4.33. The Labute approximate surface area is 118 Å². The summed E-state index contributed by atoms with van der Waals surface area (Å²) in [7, 11) is 0. The van der Waals surface area contributed by atoms with E-state index < -0.39 is 0 Å². The first kappa shape index (κ1) is 15.2. The summed E-state index contributed by atoms with van der Waals surface area (Å²) >= 11 is 0. The minimum absolute atomic E-state index is 0.411. The Morgan fingerprint density at radius 3 is 2.84 bits per heavy atom. The van der Waals surface area contributed by atoms with E-state index in [-0.39, 0.29) is 0 Å². The predicted octanol–water partition coefficient (Wildman–Crippen LogP) is 1.17. The van der Waals surface area contributed by atoms with Gasteiger partial charge in [-0.05, 0) is 32.5 Å². The molecule has 0 spiro atoms. The molecule has 19 heavy (non-hydrogen) atoms. The molecule has 2 saturated heterocycles. The van der Waals surface area contributed by atoms with Gasteiger partial charge in [0.15, 0.2) is 0 Å². The molecule has 2 aliphatic heterocycles. The summed E-state index contributed by atoms with van der Waals surface area (Å²) in [6.07, 6.45) is 4.25. The van der Waals surface area contributed by atoms with E-state index in [4.69, 9.17) is 4.74 Å². The van der Waals surface area contributed by atoms with Gasteiger partial charge in [0.1, 0.15) is 0 Å². The summed E-state index contributed by atoms with van der Waals surface area (Å²) in [4.78, 5) is 5.12. The van der Waals surface area contributed by atoms with Gasteiger partial charge in [0, 0.05) is 32.2 Å². The van der Waals surface area contributed by atoms with Crippen LogP contribution in [0.1, 0.15) is 33.1 Å². The molecule has 2 unspecified atom stereocenters. The van der Waals surface area contributed by atoms with Gasteiger partial charge in [-0.1, -0.05) is 20.3 Å². The molecule has 0 radical (unpaired) electrons. The molecule has 2 aliphatic rings. The van der Waals surface area contributed by atoms with Crippen molar-refractivity contribution in [1.82, 2.24) is 15.1 Å². The molecular formula is C15H31N3O. The Morgan fingerprint density at radius 1 is 1.16 bits per heavy atom. The standard InChI is InChI=1S/C15H31N3O/c1-3-6-14-11-18(8-5-7-16-14)13-15-12-17(4-2)9-10-19-15/h14-16H,3-13H2,1-2H3. The van der Waals surface area contributed by atoms with Crippen molar-refractivity contribution in [3.63, 3.8) is 0 Å². The molecule has 0 aromatic heterocycles. The lowest BCUT2D eigenvalue weighted by Gasteiger charge is -2.35. The molecule has 0 amide bonds. The highest BCUT2D eigenvalue weighted by Crippen LogP contribution is 2.10. The number of morpholine rings is 1. The van der Waals surface area contributed by atoms with Gasteiger partial charge < -0.3 is 10.1 Å². The third-order valence-electron chi connectivity index (χ3n) is 4.33. The Balaban J connectivity index is 1.79. The molecule has 2 rings (SSSR count). The lowest BCUT2D eigenvalue weighted by atomic mass is 10.1. The Kier molecular flexibility index (Phi) is 6.57. The molecule has 0 aromatic rings. The zero-order valence-corrected chi connectivity index (χ0v) is 12.7. The van der Waals surface area contributed by atoms with Crippen LogP contribution in [0.15, 0.2) is 0 Å². The van der Waals surface area contributed by atoms with E-state index in [1.807, 2.05) is 0 Å². The van der Waals surface area contributed by atoms with E-state index in [0.29, 0.717) is 12.1 Å². The van der Waals surface area contributed by atoms with E-state index in [0.717, 1.165) is 32.8 Å². The van der Waals surface area contributed by atoms with E-state index in [2.05, 4.69) is 29.0 Å². The summed E-state index contributed by atoms with van der Waals surface area (Å²) in [5, 5.41) is 3.68.